The van der Waals surface area contributed by atoms with E-state index in [0.29, 0.717) is 25.2 Å². The average Bonchev–Trinajstić information content (AvgIpc) is 2.72. The maximum Gasteiger partial charge on any atom is 0.346 e. The maximum absolute atomic E-state index is 11.9. The molecule has 1 aromatic heterocycles. The SMILES string of the molecule is CCOCCCNS(=O)(=O)c1cc(C)c(C(=O)O)s1. The van der Waals surface area contributed by atoms with Crippen molar-refractivity contribution in [3.63, 3.8) is 0 Å². The molecule has 0 fully saturated rings. The molecule has 1 heterocycles. The fraction of sp³-hybridized carbons (Fsp3) is 0.545. The second-order valence-electron chi connectivity index (χ2n) is 3.83. The van der Waals surface area contributed by atoms with E-state index < -0.39 is 16.0 Å². The predicted octanol–water partition coefficient (Wildman–Crippen LogP) is 1.46. The lowest BCUT2D eigenvalue weighted by atomic mass is 10.3. The van der Waals surface area contributed by atoms with Gasteiger partial charge in [-0.2, -0.15) is 0 Å². The van der Waals surface area contributed by atoms with Crippen LogP contribution in [-0.2, 0) is 14.8 Å². The van der Waals surface area contributed by atoms with Gasteiger partial charge in [0, 0.05) is 19.8 Å². The Bertz CT molecular complexity index is 535. The highest BCUT2D eigenvalue weighted by atomic mass is 32.2. The zero-order chi connectivity index (χ0) is 14.5. The van der Waals surface area contributed by atoms with Gasteiger partial charge in [-0.15, -0.1) is 11.3 Å². The standard InChI is InChI=1S/C11H17NO5S2/c1-3-17-6-4-5-12-19(15,16)9-7-8(2)10(18-9)11(13)14/h7,12H,3-6H2,1-2H3,(H,13,14). The first kappa shape index (κ1) is 16.1. The first-order valence-electron chi connectivity index (χ1n) is 5.79. The minimum Gasteiger partial charge on any atom is -0.477 e. The zero-order valence-corrected chi connectivity index (χ0v) is 12.4. The number of aryl methyl sites for hydroxylation is 1. The van der Waals surface area contributed by atoms with Gasteiger partial charge in [-0.1, -0.05) is 0 Å². The van der Waals surface area contributed by atoms with Crippen LogP contribution in [0, 0.1) is 6.92 Å². The van der Waals surface area contributed by atoms with Crippen LogP contribution in [0.1, 0.15) is 28.6 Å². The normalized spacial score (nSPS) is 11.7. The summed E-state index contributed by atoms with van der Waals surface area (Å²) in [6.45, 7) is 4.80. The number of sulfonamides is 1. The van der Waals surface area contributed by atoms with E-state index in [1.807, 2.05) is 6.92 Å². The molecule has 0 spiro atoms. The van der Waals surface area contributed by atoms with E-state index in [0.717, 1.165) is 11.3 Å². The first-order valence-corrected chi connectivity index (χ1v) is 8.09. The van der Waals surface area contributed by atoms with Crippen LogP contribution >= 0.6 is 11.3 Å². The third kappa shape index (κ3) is 4.57. The third-order valence-corrected chi connectivity index (χ3v) is 5.48. The van der Waals surface area contributed by atoms with Crippen molar-refractivity contribution < 1.29 is 23.1 Å². The van der Waals surface area contributed by atoms with Gasteiger partial charge >= 0.3 is 5.97 Å². The van der Waals surface area contributed by atoms with Gasteiger partial charge in [-0.3, -0.25) is 0 Å². The number of thiophene rings is 1. The van der Waals surface area contributed by atoms with E-state index in [-0.39, 0.29) is 15.6 Å². The van der Waals surface area contributed by atoms with Crippen molar-refractivity contribution in [1.82, 2.24) is 4.72 Å². The van der Waals surface area contributed by atoms with Crippen molar-refractivity contribution in [1.29, 1.82) is 0 Å². The van der Waals surface area contributed by atoms with Gasteiger partial charge < -0.3 is 9.84 Å². The molecule has 6 nitrogen and oxygen atoms in total. The highest BCUT2D eigenvalue weighted by Gasteiger charge is 2.21. The van der Waals surface area contributed by atoms with Gasteiger partial charge in [0.2, 0.25) is 10.0 Å². The molecule has 19 heavy (non-hydrogen) atoms. The molecule has 0 amide bonds. The Labute approximate surface area is 116 Å². The Morgan fingerprint density at radius 3 is 2.74 bits per heavy atom. The molecule has 0 aliphatic rings. The number of ether oxygens (including phenoxy) is 1. The molecule has 0 radical (unpaired) electrons. The van der Waals surface area contributed by atoms with Crippen LogP contribution in [0.15, 0.2) is 10.3 Å². The van der Waals surface area contributed by atoms with E-state index in [9.17, 15) is 13.2 Å². The van der Waals surface area contributed by atoms with Crippen molar-refractivity contribution in [3.8, 4) is 0 Å². The summed E-state index contributed by atoms with van der Waals surface area (Å²) in [5.41, 5.74) is 0.451. The van der Waals surface area contributed by atoms with Crippen molar-refractivity contribution >= 4 is 27.3 Å². The molecular formula is C11H17NO5S2. The quantitative estimate of drug-likeness (QED) is 0.709. The molecular weight excluding hydrogens is 290 g/mol. The number of rotatable bonds is 8. The Morgan fingerprint density at radius 2 is 2.21 bits per heavy atom. The lowest BCUT2D eigenvalue weighted by Crippen LogP contribution is -2.24. The molecule has 0 saturated heterocycles. The average molecular weight is 307 g/mol. The third-order valence-electron chi connectivity index (χ3n) is 2.32. The number of hydrogen-bond acceptors (Lipinski definition) is 5. The Hall–Kier alpha value is -0.960. The molecule has 0 bridgehead atoms. The number of carbonyl (C=O) groups is 1. The highest BCUT2D eigenvalue weighted by Crippen LogP contribution is 2.25. The molecule has 8 heteroatoms. The summed E-state index contributed by atoms with van der Waals surface area (Å²) in [7, 11) is -3.63. The molecule has 0 unspecified atom stereocenters. The molecule has 0 aliphatic heterocycles. The minimum atomic E-state index is -3.63. The largest absolute Gasteiger partial charge is 0.477 e. The molecule has 2 N–H and O–H groups in total. The van der Waals surface area contributed by atoms with Gasteiger partial charge in [0.05, 0.1) is 0 Å². The van der Waals surface area contributed by atoms with Crippen LogP contribution in [0.3, 0.4) is 0 Å². The maximum atomic E-state index is 11.9. The highest BCUT2D eigenvalue weighted by molar-refractivity contribution is 7.91. The van der Waals surface area contributed by atoms with Gasteiger partial charge in [0.15, 0.2) is 0 Å². The minimum absolute atomic E-state index is 0.0267. The van der Waals surface area contributed by atoms with Crippen molar-refractivity contribution in [2.45, 2.75) is 24.5 Å². The number of carboxylic acid groups (broad SMARTS) is 1. The van der Waals surface area contributed by atoms with E-state index in [2.05, 4.69) is 4.72 Å². The molecule has 108 valence electrons. The van der Waals surface area contributed by atoms with Crippen molar-refractivity contribution in [2.24, 2.45) is 0 Å². The Morgan fingerprint density at radius 1 is 1.53 bits per heavy atom. The van der Waals surface area contributed by atoms with Gasteiger partial charge in [0.1, 0.15) is 9.09 Å². The van der Waals surface area contributed by atoms with Crippen LogP contribution in [0.25, 0.3) is 0 Å². The lowest BCUT2D eigenvalue weighted by molar-refractivity contribution is 0.0701. The molecule has 1 aromatic rings. The summed E-state index contributed by atoms with van der Waals surface area (Å²) in [5, 5.41) is 8.90. The molecule has 1 rings (SSSR count). The summed E-state index contributed by atoms with van der Waals surface area (Å²) in [4.78, 5) is 10.9. The zero-order valence-electron chi connectivity index (χ0n) is 10.8. The number of carboxylic acids is 1. The number of hydrogen-bond donors (Lipinski definition) is 2. The Kier molecular flexibility index (Phi) is 5.92. The second-order valence-corrected chi connectivity index (χ2v) is 6.88. The van der Waals surface area contributed by atoms with Crippen LogP contribution in [0.4, 0.5) is 0 Å². The van der Waals surface area contributed by atoms with Gasteiger partial charge in [-0.05, 0) is 31.9 Å². The summed E-state index contributed by atoms with van der Waals surface area (Å²) in [6.07, 6.45) is 0.573. The molecule has 0 atom stereocenters. The number of nitrogens with one attached hydrogen (secondary N) is 1. The fourth-order valence-electron chi connectivity index (χ4n) is 1.39. The molecule has 0 saturated carbocycles. The van der Waals surface area contributed by atoms with E-state index in [1.165, 1.54) is 6.07 Å². The first-order chi connectivity index (χ1) is 8.88. The van der Waals surface area contributed by atoms with Crippen molar-refractivity contribution in [3.05, 3.63) is 16.5 Å². The summed E-state index contributed by atoms with van der Waals surface area (Å²) in [5.74, 6) is -1.11. The number of aromatic carboxylic acids is 1. The van der Waals surface area contributed by atoms with Gasteiger partial charge in [-0.25, -0.2) is 17.9 Å². The van der Waals surface area contributed by atoms with Crippen LogP contribution in [-0.4, -0.2) is 39.3 Å². The summed E-state index contributed by atoms with van der Waals surface area (Å²) in [6, 6.07) is 1.37. The fourth-order valence-corrected chi connectivity index (χ4v) is 3.89. The second kappa shape index (κ2) is 6.99. The van der Waals surface area contributed by atoms with Crippen molar-refractivity contribution in [2.75, 3.05) is 19.8 Å². The van der Waals surface area contributed by atoms with Gasteiger partial charge in [0.25, 0.3) is 0 Å². The Balaban J connectivity index is 2.67. The topological polar surface area (TPSA) is 92.7 Å². The van der Waals surface area contributed by atoms with E-state index in [4.69, 9.17) is 9.84 Å². The van der Waals surface area contributed by atoms with Crippen LogP contribution in [0.2, 0.25) is 0 Å². The van der Waals surface area contributed by atoms with Crippen LogP contribution in [0.5, 0.6) is 0 Å². The monoisotopic (exact) mass is 307 g/mol. The smallest absolute Gasteiger partial charge is 0.346 e. The molecule has 0 aromatic carbocycles. The molecule has 0 aliphatic carbocycles. The van der Waals surface area contributed by atoms with E-state index >= 15 is 0 Å². The summed E-state index contributed by atoms with van der Waals surface area (Å²) >= 11 is 0.762. The van der Waals surface area contributed by atoms with Crippen LogP contribution < -0.4 is 4.72 Å². The predicted molar refractivity (Wildman–Crippen MR) is 72.3 cm³/mol. The van der Waals surface area contributed by atoms with E-state index in [1.54, 1.807) is 6.92 Å². The lowest BCUT2D eigenvalue weighted by Gasteiger charge is -2.04. The summed E-state index contributed by atoms with van der Waals surface area (Å²) < 4.78 is 31.4.